The third-order valence-corrected chi connectivity index (χ3v) is 4.00. The Kier molecular flexibility index (Phi) is 4.22. The standard InChI is InChI=1S/C16H22ClNO3/c1-15(2,3)21-14(19)16(7-8-16)13(20-4)10-5-6-11(17)12(18)9-10/h5-6,9,13H,7-8,18H2,1-4H3. The van der Waals surface area contributed by atoms with E-state index in [0.717, 1.165) is 18.4 Å². The summed E-state index contributed by atoms with van der Waals surface area (Å²) >= 11 is 5.95. The maximum absolute atomic E-state index is 12.5. The number of methoxy groups -OCH3 is 1. The van der Waals surface area contributed by atoms with Crippen LogP contribution in [0.5, 0.6) is 0 Å². The average Bonchev–Trinajstić information content (AvgIpc) is 3.14. The van der Waals surface area contributed by atoms with E-state index in [0.29, 0.717) is 10.7 Å². The van der Waals surface area contributed by atoms with Gasteiger partial charge in [-0.1, -0.05) is 17.7 Å². The van der Waals surface area contributed by atoms with Gasteiger partial charge in [-0.25, -0.2) is 0 Å². The summed E-state index contributed by atoms with van der Waals surface area (Å²) in [7, 11) is 1.60. The lowest BCUT2D eigenvalue weighted by Gasteiger charge is -2.29. The van der Waals surface area contributed by atoms with Crippen molar-refractivity contribution in [3.63, 3.8) is 0 Å². The summed E-state index contributed by atoms with van der Waals surface area (Å²) in [6.45, 7) is 5.59. The number of rotatable bonds is 4. The lowest BCUT2D eigenvalue weighted by atomic mass is 9.92. The van der Waals surface area contributed by atoms with Gasteiger partial charge in [0.25, 0.3) is 0 Å². The number of carbonyl (C=O) groups is 1. The predicted octanol–water partition coefficient (Wildman–Crippen LogP) is 3.73. The van der Waals surface area contributed by atoms with Gasteiger partial charge in [-0.15, -0.1) is 0 Å². The Bertz CT molecular complexity index is 547. The first-order chi connectivity index (χ1) is 9.69. The van der Waals surface area contributed by atoms with Crippen LogP contribution in [0.25, 0.3) is 0 Å². The Morgan fingerprint density at radius 3 is 2.43 bits per heavy atom. The van der Waals surface area contributed by atoms with E-state index in [1.54, 1.807) is 19.2 Å². The fourth-order valence-electron chi connectivity index (χ4n) is 2.49. The molecule has 0 saturated heterocycles. The van der Waals surface area contributed by atoms with Crippen LogP contribution < -0.4 is 5.73 Å². The predicted molar refractivity (Wildman–Crippen MR) is 83.1 cm³/mol. The number of carbonyl (C=O) groups excluding carboxylic acids is 1. The highest BCUT2D eigenvalue weighted by atomic mass is 35.5. The lowest BCUT2D eigenvalue weighted by Crippen LogP contribution is -2.33. The molecule has 1 aromatic carbocycles. The van der Waals surface area contributed by atoms with E-state index in [2.05, 4.69) is 0 Å². The smallest absolute Gasteiger partial charge is 0.315 e. The molecule has 0 heterocycles. The first-order valence-corrected chi connectivity index (χ1v) is 7.38. The third kappa shape index (κ3) is 3.33. The summed E-state index contributed by atoms with van der Waals surface area (Å²) in [5.41, 5.74) is 6.06. The highest BCUT2D eigenvalue weighted by Gasteiger charge is 2.58. The van der Waals surface area contributed by atoms with E-state index in [-0.39, 0.29) is 12.1 Å². The van der Waals surface area contributed by atoms with E-state index < -0.39 is 11.0 Å². The summed E-state index contributed by atoms with van der Waals surface area (Å²) < 4.78 is 11.1. The molecule has 2 N–H and O–H groups in total. The number of benzene rings is 1. The Morgan fingerprint density at radius 1 is 1.38 bits per heavy atom. The number of anilines is 1. The third-order valence-electron chi connectivity index (χ3n) is 3.65. The van der Waals surface area contributed by atoms with Crippen LogP contribution in [0.1, 0.15) is 45.3 Å². The maximum Gasteiger partial charge on any atom is 0.315 e. The summed E-state index contributed by atoms with van der Waals surface area (Å²) in [4.78, 5) is 12.5. The fourth-order valence-corrected chi connectivity index (χ4v) is 2.61. The SMILES string of the molecule is COC(c1ccc(Cl)c(N)c1)C1(C(=O)OC(C)(C)C)CC1. The van der Waals surface area contributed by atoms with Crippen molar-refractivity contribution in [2.45, 2.75) is 45.3 Å². The molecule has 1 aromatic rings. The number of halogens is 1. The molecule has 0 aromatic heterocycles. The molecule has 1 unspecified atom stereocenters. The van der Waals surface area contributed by atoms with Crippen molar-refractivity contribution in [2.75, 3.05) is 12.8 Å². The zero-order valence-electron chi connectivity index (χ0n) is 12.9. The molecule has 21 heavy (non-hydrogen) atoms. The van der Waals surface area contributed by atoms with Crippen molar-refractivity contribution in [1.82, 2.24) is 0 Å². The zero-order chi connectivity index (χ0) is 15.8. The van der Waals surface area contributed by atoms with Gasteiger partial charge in [0.15, 0.2) is 0 Å². The molecule has 1 aliphatic rings. The highest BCUT2D eigenvalue weighted by Crippen LogP contribution is 2.57. The normalized spacial score (nSPS) is 18.1. The number of hydrogen-bond donors (Lipinski definition) is 1. The average molecular weight is 312 g/mol. The van der Waals surface area contributed by atoms with E-state index >= 15 is 0 Å². The minimum atomic E-state index is -0.609. The molecule has 1 fully saturated rings. The molecule has 1 atom stereocenters. The molecule has 5 heteroatoms. The second-order valence-corrected chi connectivity index (χ2v) is 6.96. The van der Waals surface area contributed by atoms with Crippen molar-refractivity contribution in [3.05, 3.63) is 28.8 Å². The fraction of sp³-hybridized carbons (Fsp3) is 0.562. The van der Waals surface area contributed by atoms with Crippen LogP contribution in [0.4, 0.5) is 5.69 Å². The quantitative estimate of drug-likeness (QED) is 0.680. The summed E-state index contributed by atoms with van der Waals surface area (Å²) in [6, 6.07) is 5.33. The van der Waals surface area contributed by atoms with E-state index in [9.17, 15) is 4.79 Å². The van der Waals surface area contributed by atoms with Crippen molar-refractivity contribution >= 4 is 23.3 Å². The van der Waals surface area contributed by atoms with Crippen LogP contribution in [-0.2, 0) is 14.3 Å². The summed E-state index contributed by atoms with van der Waals surface area (Å²) in [5.74, 6) is -0.213. The molecule has 0 radical (unpaired) electrons. The van der Waals surface area contributed by atoms with E-state index in [1.807, 2.05) is 26.8 Å². The van der Waals surface area contributed by atoms with E-state index in [1.165, 1.54) is 0 Å². The maximum atomic E-state index is 12.5. The number of nitrogens with two attached hydrogens (primary N) is 1. The number of hydrogen-bond acceptors (Lipinski definition) is 4. The molecule has 116 valence electrons. The topological polar surface area (TPSA) is 61.5 Å². The molecule has 1 aliphatic carbocycles. The van der Waals surface area contributed by atoms with Crippen LogP contribution >= 0.6 is 11.6 Å². The zero-order valence-corrected chi connectivity index (χ0v) is 13.7. The molecular weight excluding hydrogens is 290 g/mol. The Hall–Kier alpha value is -1.26. The van der Waals surface area contributed by atoms with Crippen LogP contribution in [0.15, 0.2) is 18.2 Å². The van der Waals surface area contributed by atoms with Gasteiger partial charge in [0.1, 0.15) is 5.60 Å². The van der Waals surface area contributed by atoms with Crippen LogP contribution in [0.3, 0.4) is 0 Å². The second-order valence-electron chi connectivity index (χ2n) is 6.55. The van der Waals surface area contributed by atoms with Gasteiger partial charge < -0.3 is 15.2 Å². The first-order valence-electron chi connectivity index (χ1n) is 7.01. The van der Waals surface area contributed by atoms with Gasteiger partial charge in [0.05, 0.1) is 22.2 Å². The molecule has 0 aliphatic heterocycles. The first kappa shape index (κ1) is 16.1. The van der Waals surface area contributed by atoms with Gasteiger partial charge in [-0.2, -0.15) is 0 Å². The molecule has 0 amide bonds. The van der Waals surface area contributed by atoms with Crippen LogP contribution in [0.2, 0.25) is 5.02 Å². The summed E-state index contributed by atoms with van der Waals surface area (Å²) in [6.07, 6.45) is 1.14. The Labute approximate surface area is 130 Å². The highest BCUT2D eigenvalue weighted by molar-refractivity contribution is 6.33. The van der Waals surface area contributed by atoms with Gasteiger partial charge in [0.2, 0.25) is 0 Å². The van der Waals surface area contributed by atoms with Gasteiger partial charge in [0, 0.05) is 7.11 Å². The van der Waals surface area contributed by atoms with E-state index in [4.69, 9.17) is 26.8 Å². The Morgan fingerprint density at radius 2 is 2.00 bits per heavy atom. The number of esters is 1. The number of nitrogen functional groups attached to an aromatic ring is 1. The largest absolute Gasteiger partial charge is 0.459 e. The van der Waals surface area contributed by atoms with Crippen molar-refractivity contribution < 1.29 is 14.3 Å². The molecule has 1 saturated carbocycles. The van der Waals surface area contributed by atoms with Crippen molar-refractivity contribution in [3.8, 4) is 0 Å². The minimum Gasteiger partial charge on any atom is -0.459 e. The monoisotopic (exact) mass is 311 g/mol. The summed E-state index contributed by atoms with van der Waals surface area (Å²) in [5, 5.41) is 0.496. The van der Waals surface area contributed by atoms with Crippen LogP contribution in [0, 0.1) is 5.41 Å². The van der Waals surface area contributed by atoms with Gasteiger partial charge in [-0.05, 0) is 51.3 Å². The molecule has 4 nitrogen and oxygen atoms in total. The molecule has 0 spiro atoms. The lowest BCUT2D eigenvalue weighted by molar-refractivity contribution is -0.168. The second kappa shape index (κ2) is 5.50. The van der Waals surface area contributed by atoms with Gasteiger partial charge in [-0.3, -0.25) is 4.79 Å². The molecule has 2 rings (SSSR count). The molecule has 0 bridgehead atoms. The number of ether oxygens (including phenoxy) is 2. The van der Waals surface area contributed by atoms with Gasteiger partial charge >= 0.3 is 5.97 Å². The Balaban J connectivity index is 2.28. The molecular formula is C16H22ClNO3. The van der Waals surface area contributed by atoms with Crippen LogP contribution in [-0.4, -0.2) is 18.7 Å². The van der Waals surface area contributed by atoms with Crippen molar-refractivity contribution in [1.29, 1.82) is 0 Å². The van der Waals surface area contributed by atoms with Crippen molar-refractivity contribution in [2.24, 2.45) is 5.41 Å². The minimum absolute atomic E-state index is 0.213.